The molecule has 0 amide bonds. The summed E-state index contributed by atoms with van der Waals surface area (Å²) < 4.78 is 10.9. The standard InChI is InChI=1S/C11H26N2O2/c1-6-15-11(2,9-12-3)10(13-4)7-8-14-5/h10,12-13H,6-9H2,1-5H3. The molecule has 0 aromatic heterocycles. The van der Waals surface area contributed by atoms with Crippen LogP contribution in [0.1, 0.15) is 20.3 Å². The van der Waals surface area contributed by atoms with E-state index in [9.17, 15) is 0 Å². The highest BCUT2D eigenvalue weighted by Gasteiger charge is 2.32. The van der Waals surface area contributed by atoms with Crippen LogP contribution in [0.3, 0.4) is 0 Å². The highest BCUT2D eigenvalue weighted by Crippen LogP contribution is 2.17. The molecule has 0 aliphatic heterocycles. The van der Waals surface area contributed by atoms with Crippen molar-refractivity contribution < 1.29 is 9.47 Å². The molecule has 0 aromatic carbocycles. The van der Waals surface area contributed by atoms with E-state index in [0.29, 0.717) is 6.04 Å². The summed E-state index contributed by atoms with van der Waals surface area (Å²) in [5, 5.41) is 6.48. The van der Waals surface area contributed by atoms with Crippen molar-refractivity contribution in [2.24, 2.45) is 0 Å². The molecular weight excluding hydrogens is 192 g/mol. The molecule has 15 heavy (non-hydrogen) atoms. The van der Waals surface area contributed by atoms with Gasteiger partial charge in [0.25, 0.3) is 0 Å². The summed E-state index contributed by atoms with van der Waals surface area (Å²) in [4.78, 5) is 0. The van der Waals surface area contributed by atoms with Gasteiger partial charge < -0.3 is 20.1 Å². The van der Waals surface area contributed by atoms with Gasteiger partial charge >= 0.3 is 0 Å². The van der Waals surface area contributed by atoms with Gasteiger partial charge in [-0.3, -0.25) is 0 Å². The fourth-order valence-electron chi connectivity index (χ4n) is 1.95. The summed E-state index contributed by atoms with van der Waals surface area (Å²) in [5.41, 5.74) is -0.184. The molecule has 2 atom stereocenters. The summed E-state index contributed by atoms with van der Waals surface area (Å²) in [6, 6.07) is 0.296. The van der Waals surface area contributed by atoms with Crippen LogP contribution in [0.2, 0.25) is 0 Å². The van der Waals surface area contributed by atoms with Crippen molar-refractivity contribution in [3.63, 3.8) is 0 Å². The number of nitrogens with one attached hydrogen (secondary N) is 2. The summed E-state index contributed by atoms with van der Waals surface area (Å²) >= 11 is 0. The average Bonchev–Trinajstić information content (AvgIpc) is 2.19. The monoisotopic (exact) mass is 218 g/mol. The second kappa shape index (κ2) is 8.05. The maximum Gasteiger partial charge on any atom is 0.0930 e. The Morgan fingerprint density at radius 1 is 1.33 bits per heavy atom. The zero-order valence-corrected chi connectivity index (χ0v) is 10.7. The molecule has 0 spiro atoms. The third-order valence-electron chi connectivity index (χ3n) is 2.70. The first kappa shape index (κ1) is 14.8. The lowest BCUT2D eigenvalue weighted by atomic mass is 9.93. The van der Waals surface area contributed by atoms with Crippen LogP contribution < -0.4 is 10.6 Å². The van der Waals surface area contributed by atoms with E-state index in [4.69, 9.17) is 9.47 Å². The number of methoxy groups -OCH3 is 1. The Kier molecular flexibility index (Phi) is 7.96. The Morgan fingerprint density at radius 2 is 2.00 bits per heavy atom. The smallest absolute Gasteiger partial charge is 0.0930 e. The van der Waals surface area contributed by atoms with E-state index in [2.05, 4.69) is 17.6 Å². The zero-order valence-electron chi connectivity index (χ0n) is 10.7. The van der Waals surface area contributed by atoms with E-state index in [0.717, 1.165) is 26.2 Å². The summed E-state index contributed by atoms with van der Waals surface area (Å²) in [6.07, 6.45) is 0.950. The minimum atomic E-state index is -0.184. The van der Waals surface area contributed by atoms with Gasteiger partial charge in [0.2, 0.25) is 0 Å². The fraction of sp³-hybridized carbons (Fsp3) is 1.00. The molecule has 92 valence electrons. The molecule has 0 aliphatic rings. The van der Waals surface area contributed by atoms with Crippen molar-refractivity contribution in [3.8, 4) is 0 Å². The van der Waals surface area contributed by atoms with Gasteiger partial charge in [0.05, 0.1) is 5.60 Å². The molecular formula is C11H26N2O2. The molecule has 0 aromatic rings. The molecule has 4 heteroatoms. The Hall–Kier alpha value is -0.160. The van der Waals surface area contributed by atoms with Crippen LogP contribution in [0, 0.1) is 0 Å². The zero-order chi connectivity index (χ0) is 11.7. The maximum atomic E-state index is 5.84. The Bertz CT molecular complexity index is 148. The number of rotatable bonds is 9. The molecule has 0 rings (SSSR count). The van der Waals surface area contributed by atoms with Crippen LogP contribution in [0.4, 0.5) is 0 Å². The molecule has 2 N–H and O–H groups in total. The van der Waals surface area contributed by atoms with Crippen molar-refractivity contribution in [2.45, 2.75) is 31.9 Å². The van der Waals surface area contributed by atoms with Crippen molar-refractivity contribution in [1.29, 1.82) is 0 Å². The Balaban J connectivity index is 4.37. The predicted octanol–water partition coefficient (Wildman–Crippen LogP) is 0.626. The molecule has 0 bridgehead atoms. The lowest BCUT2D eigenvalue weighted by Gasteiger charge is -2.37. The lowest BCUT2D eigenvalue weighted by molar-refractivity contribution is -0.0540. The lowest BCUT2D eigenvalue weighted by Crippen LogP contribution is -2.55. The van der Waals surface area contributed by atoms with E-state index in [1.165, 1.54) is 0 Å². The molecule has 0 heterocycles. The largest absolute Gasteiger partial charge is 0.385 e. The van der Waals surface area contributed by atoms with Crippen molar-refractivity contribution in [2.75, 3.05) is 41.0 Å². The molecule has 0 fully saturated rings. The average molecular weight is 218 g/mol. The van der Waals surface area contributed by atoms with E-state index in [1.54, 1.807) is 7.11 Å². The molecule has 0 radical (unpaired) electrons. The van der Waals surface area contributed by atoms with Crippen molar-refractivity contribution in [1.82, 2.24) is 10.6 Å². The molecule has 0 aliphatic carbocycles. The predicted molar refractivity (Wildman–Crippen MR) is 63.3 cm³/mol. The van der Waals surface area contributed by atoms with Gasteiger partial charge in [-0.2, -0.15) is 0 Å². The second-order valence-corrected chi connectivity index (χ2v) is 3.90. The number of hydrogen-bond acceptors (Lipinski definition) is 4. The van der Waals surface area contributed by atoms with Crippen LogP contribution in [0.25, 0.3) is 0 Å². The van der Waals surface area contributed by atoms with E-state index in [1.807, 2.05) is 21.0 Å². The highest BCUT2D eigenvalue weighted by atomic mass is 16.5. The second-order valence-electron chi connectivity index (χ2n) is 3.90. The minimum absolute atomic E-state index is 0.184. The van der Waals surface area contributed by atoms with E-state index in [-0.39, 0.29) is 5.60 Å². The molecule has 4 nitrogen and oxygen atoms in total. The summed E-state index contributed by atoms with van der Waals surface area (Å²) in [5.74, 6) is 0. The van der Waals surface area contributed by atoms with Gasteiger partial charge in [-0.15, -0.1) is 0 Å². The van der Waals surface area contributed by atoms with Crippen LogP contribution in [0.15, 0.2) is 0 Å². The van der Waals surface area contributed by atoms with E-state index < -0.39 is 0 Å². The third kappa shape index (κ3) is 4.93. The van der Waals surface area contributed by atoms with Crippen molar-refractivity contribution in [3.05, 3.63) is 0 Å². The summed E-state index contributed by atoms with van der Waals surface area (Å²) in [6.45, 7) is 6.46. The van der Waals surface area contributed by atoms with Crippen LogP contribution in [0.5, 0.6) is 0 Å². The van der Waals surface area contributed by atoms with Gasteiger partial charge in [0.1, 0.15) is 0 Å². The van der Waals surface area contributed by atoms with Crippen molar-refractivity contribution >= 4 is 0 Å². The van der Waals surface area contributed by atoms with E-state index >= 15 is 0 Å². The van der Waals surface area contributed by atoms with Gasteiger partial charge in [0.15, 0.2) is 0 Å². The molecule has 0 saturated heterocycles. The van der Waals surface area contributed by atoms with Gasteiger partial charge in [-0.25, -0.2) is 0 Å². The van der Waals surface area contributed by atoms with Crippen LogP contribution >= 0.6 is 0 Å². The minimum Gasteiger partial charge on any atom is -0.385 e. The first-order chi connectivity index (χ1) is 7.14. The fourth-order valence-corrected chi connectivity index (χ4v) is 1.95. The third-order valence-corrected chi connectivity index (χ3v) is 2.70. The maximum absolute atomic E-state index is 5.84. The number of likely N-dealkylation sites (N-methyl/N-ethyl adjacent to an activating group) is 2. The van der Waals surface area contributed by atoms with Crippen LogP contribution in [-0.4, -0.2) is 52.6 Å². The first-order valence-corrected chi connectivity index (χ1v) is 5.59. The van der Waals surface area contributed by atoms with Gasteiger partial charge in [-0.1, -0.05) is 0 Å². The normalized spacial score (nSPS) is 17.4. The topological polar surface area (TPSA) is 42.5 Å². The number of ether oxygens (including phenoxy) is 2. The summed E-state index contributed by atoms with van der Waals surface area (Å²) in [7, 11) is 5.64. The highest BCUT2D eigenvalue weighted by molar-refractivity contribution is 4.90. The first-order valence-electron chi connectivity index (χ1n) is 5.59. The quantitative estimate of drug-likeness (QED) is 0.595. The Morgan fingerprint density at radius 3 is 2.40 bits per heavy atom. The number of hydrogen-bond donors (Lipinski definition) is 2. The molecule has 0 saturated carbocycles. The van der Waals surface area contributed by atoms with Crippen LogP contribution in [-0.2, 0) is 9.47 Å². The Labute approximate surface area is 93.7 Å². The van der Waals surface area contributed by atoms with Gasteiger partial charge in [0, 0.05) is 32.9 Å². The molecule has 2 unspecified atom stereocenters. The van der Waals surface area contributed by atoms with Gasteiger partial charge in [-0.05, 0) is 34.4 Å². The SMILES string of the molecule is CCOC(C)(CNC)C(CCOC)NC.